The van der Waals surface area contributed by atoms with E-state index in [9.17, 15) is 14.4 Å². The lowest BCUT2D eigenvalue weighted by atomic mass is 10.1. The Labute approximate surface area is 181 Å². The number of amides is 3. The Morgan fingerprint density at radius 3 is 2.52 bits per heavy atom. The van der Waals surface area contributed by atoms with Gasteiger partial charge in [0.1, 0.15) is 17.4 Å². The van der Waals surface area contributed by atoms with Gasteiger partial charge >= 0.3 is 6.09 Å². The van der Waals surface area contributed by atoms with E-state index in [0.717, 1.165) is 5.56 Å². The van der Waals surface area contributed by atoms with Crippen molar-refractivity contribution in [1.82, 2.24) is 0 Å². The van der Waals surface area contributed by atoms with Gasteiger partial charge in [0, 0.05) is 11.4 Å². The Hall–Kier alpha value is -3.55. The molecule has 2 aromatic rings. The van der Waals surface area contributed by atoms with Gasteiger partial charge in [-0.25, -0.2) is 4.79 Å². The first-order valence-corrected chi connectivity index (χ1v) is 10.0. The standard InChI is InChI=1S/C23H27N3O5/c1-14-8-6-7-9-17(14)25-21(28)15(2)26-18-12-16(24-22(29)31-23(3,4)5)10-11-19(18)30-13-20(26)27/h6-12,15H,13H2,1-5H3,(H,24,29)(H,25,28). The quantitative estimate of drug-likeness (QED) is 0.769. The predicted molar refractivity (Wildman–Crippen MR) is 119 cm³/mol. The number of anilines is 3. The minimum Gasteiger partial charge on any atom is -0.482 e. The summed E-state index contributed by atoms with van der Waals surface area (Å²) >= 11 is 0. The van der Waals surface area contributed by atoms with Crippen LogP contribution in [0.15, 0.2) is 42.5 Å². The summed E-state index contributed by atoms with van der Waals surface area (Å²) in [7, 11) is 0. The summed E-state index contributed by atoms with van der Waals surface area (Å²) < 4.78 is 10.8. The van der Waals surface area contributed by atoms with E-state index >= 15 is 0 Å². The number of para-hydroxylation sites is 1. The lowest BCUT2D eigenvalue weighted by Gasteiger charge is -2.33. The van der Waals surface area contributed by atoms with E-state index in [2.05, 4.69) is 10.6 Å². The van der Waals surface area contributed by atoms with Gasteiger partial charge in [0.25, 0.3) is 5.91 Å². The molecule has 0 saturated carbocycles. The molecular formula is C23H27N3O5. The molecule has 0 bridgehead atoms. The van der Waals surface area contributed by atoms with Gasteiger partial charge in [0.15, 0.2) is 6.61 Å². The van der Waals surface area contributed by atoms with Crippen molar-refractivity contribution >= 4 is 35.0 Å². The Balaban J connectivity index is 1.83. The minimum atomic E-state index is -0.800. The molecule has 1 aliphatic heterocycles. The molecule has 31 heavy (non-hydrogen) atoms. The molecule has 164 valence electrons. The topological polar surface area (TPSA) is 97.0 Å². The molecular weight excluding hydrogens is 398 g/mol. The second-order valence-corrected chi connectivity index (χ2v) is 8.34. The number of rotatable bonds is 4. The number of nitrogens with zero attached hydrogens (tertiary/aromatic N) is 1. The Morgan fingerprint density at radius 1 is 1.13 bits per heavy atom. The fraction of sp³-hybridized carbons (Fsp3) is 0.348. The molecule has 0 fully saturated rings. The molecule has 8 nitrogen and oxygen atoms in total. The number of benzene rings is 2. The molecule has 3 amide bonds. The largest absolute Gasteiger partial charge is 0.482 e. The zero-order chi connectivity index (χ0) is 22.8. The summed E-state index contributed by atoms with van der Waals surface area (Å²) in [4.78, 5) is 39.0. The number of nitrogens with one attached hydrogen (secondary N) is 2. The van der Waals surface area contributed by atoms with Crippen molar-refractivity contribution in [2.45, 2.75) is 46.3 Å². The molecule has 2 aromatic carbocycles. The molecule has 1 aliphatic rings. The van der Waals surface area contributed by atoms with Gasteiger partial charge in [-0.05, 0) is 64.4 Å². The predicted octanol–water partition coefficient (Wildman–Crippen LogP) is 4.09. The average Bonchev–Trinajstić information content (AvgIpc) is 2.67. The summed E-state index contributed by atoms with van der Waals surface area (Å²) in [5.41, 5.74) is 1.77. The first kappa shape index (κ1) is 22.1. The number of hydrogen-bond donors (Lipinski definition) is 2. The fourth-order valence-corrected chi connectivity index (χ4v) is 3.16. The van der Waals surface area contributed by atoms with Gasteiger partial charge in [-0.2, -0.15) is 0 Å². The zero-order valence-electron chi connectivity index (χ0n) is 18.3. The van der Waals surface area contributed by atoms with Gasteiger partial charge in [0.2, 0.25) is 5.91 Å². The molecule has 0 radical (unpaired) electrons. The van der Waals surface area contributed by atoms with Crippen molar-refractivity contribution in [2.75, 3.05) is 22.1 Å². The molecule has 1 heterocycles. The van der Waals surface area contributed by atoms with Crippen LogP contribution in [0.2, 0.25) is 0 Å². The summed E-state index contributed by atoms with van der Waals surface area (Å²) in [5.74, 6) is -0.236. The van der Waals surface area contributed by atoms with Crippen molar-refractivity contribution in [3.8, 4) is 5.75 Å². The van der Waals surface area contributed by atoms with E-state index in [4.69, 9.17) is 9.47 Å². The van der Waals surface area contributed by atoms with Crippen LogP contribution < -0.4 is 20.3 Å². The number of ether oxygens (including phenoxy) is 2. The van der Waals surface area contributed by atoms with Crippen LogP contribution in [0, 0.1) is 6.92 Å². The summed E-state index contributed by atoms with van der Waals surface area (Å²) in [6.07, 6.45) is -0.618. The monoisotopic (exact) mass is 425 g/mol. The van der Waals surface area contributed by atoms with E-state index in [1.807, 2.05) is 25.1 Å². The molecule has 2 N–H and O–H groups in total. The smallest absolute Gasteiger partial charge is 0.412 e. The fourth-order valence-electron chi connectivity index (χ4n) is 3.16. The first-order valence-electron chi connectivity index (χ1n) is 10.0. The van der Waals surface area contributed by atoms with Crippen LogP contribution >= 0.6 is 0 Å². The minimum absolute atomic E-state index is 0.173. The summed E-state index contributed by atoms with van der Waals surface area (Å²) in [6.45, 7) is 8.67. The van der Waals surface area contributed by atoms with E-state index in [-0.39, 0.29) is 18.4 Å². The van der Waals surface area contributed by atoms with E-state index < -0.39 is 17.7 Å². The first-order chi connectivity index (χ1) is 14.5. The third-order valence-electron chi connectivity index (χ3n) is 4.65. The van der Waals surface area contributed by atoms with Crippen LogP contribution in [-0.2, 0) is 14.3 Å². The van der Waals surface area contributed by atoms with Gasteiger partial charge < -0.3 is 14.8 Å². The van der Waals surface area contributed by atoms with Crippen molar-refractivity contribution in [3.63, 3.8) is 0 Å². The van der Waals surface area contributed by atoms with Crippen molar-refractivity contribution in [3.05, 3.63) is 48.0 Å². The molecule has 0 spiro atoms. The molecule has 3 rings (SSSR count). The number of hydrogen-bond acceptors (Lipinski definition) is 5. The van der Waals surface area contributed by atoms with Crippen LogP contribution in [0.4, 0.5) is 21.9 Å². The van der Waals surface area contributed by atoms with Gasteiger partial charge in [-0.1, -0.05) is 18.2 Å². The number of carbonyl (C=O) groups is 3. The van der Waals surface area contributed by atoms with Crippen LogP contribution in [-0.4, -0.2) is 36.2 Å². The van der Waals surface area contributed by atoms with Crippen molar-refractivity contribution in [2.24, 2.45) is 0 Å². The normalized spacial score (nSPS) is 14.2. The molecule has 0 saturated heterocycles. The van der Waals surface area contributed by atoms with E-state index in [1.165, 1.54) is 4.90 Å². The average molecular weight is 425 g/mol. The van der Waals surface area contributed by atoms with Gasteiger partial charge in [0.05, 0.1) is 5.69 Å². The number of aryl methyl sites for hydroxylation is 1. The SMILES string of the molecule is Cc1ccccc1NC(=O)C(C)N1C(=O)COc2ccc(NC(=O)OC(C)(C)C)cc21. The third kappa shape index (κ3) is 5.33. The van der Waals surface area contributed by atoms with Crippen LogP contribution in [0.3, 0.4) is 0 Å². The summed E-state index contributed by atoms with van der Waals surface area (Å²) in [6, 6.07) is 11.5. The maximum Gasteiger partial charge on any atom is 0.412 e. The molecule has 0 aliphatic carbocycles. The highest BCUT2D eigenvalue weighted by Crippen LogP contribution is 2.36. The highest BCUT2D eigenvalue weighted by molar-refractivity contribution is 6.07. The molecule has 8 heteroatoms. The second-order valence-electron chi connectivity index (χ2n) is 8.34. The van der Waals surface area contributed by atoms with Gasteiger partial charge in [-0.15, -0.1) is 0 Å². The summed E-state index contributed by atoms with van der Waals surface area (Å²) in [5, 5.41) is 5.51. The molecule has 0 aromatic heterocycles. The lowest BCUT2D eigenvalue weighted by Crippen LogP contribution is -2.49. The Kier molecular flexibility index (Phi) is 6.19. The number of carbonyl (C=O) groups excluding carboxylic acids is 3. The second kappa shape index (κ2) is 8.67. The van der Waals surface area contributed by atoms with Crippen LogP contribution in [0.1, 0.15) is 33.3 Å². The highest BCUT2D eigenvalue weighted by Gasteiger charge is 2.33. The molecule has 1 atom stereocenters. The van der Waals surface area contributed by atoms with Crippen LogP contribution in [0.25, 0.3) is 0 Å². The maximum absolute atomic E-state index is 12.9. The van der Waals surface area contributed by atoms with E-state index in [1.54, 1.807) is 52.0 Å². The highest BCUT2D eigenvalue weighted by atomic mass is 16.6. The van der Waals surface area contributed by atoms with Crippen molar-refractivity contribution in [1.29, 1.82) is 0 Å². The van der Waals surface area contributed by atoms with Crippen LogP contribution in [0.5, 0.6) is 5.75 Å². The Morgan fingerprint density at radius 2 is 1.84 bits per heavy atom. The maximum atomic E-state index is 12.9. The van der Waals surface area contributed by atoms with Crippen molar-refractivity contribution < 1.29 is 23.9 Å². The Bertz CT molecular complexity index is 1010. The number of fused-ring (bicyclic) bond motifs is 1. The van der Waals surface area contributed by atoms with Gasteiger partial charge in [-0.3, -0.25) is 19.8 Å². The zero-order valence-corrected chi connectivity index (χ0v) is 18.3. The lowest BCUT2D eigenvalue weighted by molar-refractivity contribution is -0.125. The van der Waals surface area contributed by atoms with E-state index in [0.29, 0.717) is 22.8 Å². The molecule has 1 unspecified atom stereocenters. The third-order valence-corrected chi connectivity index (χ3v) is 4.65.